The van der Waals surface area contributed by atoms with E-state index < -0.39 is 0 Å². The molecule has 3 heterocycles. The van der Waals surface area contributed by atoms with E-state index in [4.69, 9.17) is 0 Å². The van der Waals surface area contributed by atoms with E-state index in [9.17, 15) is 0 Å². The molecular weight excluding hydrogens is 284 g/mol. The van der Waals surface area contributed by atoms with Crippen LogP contribution in [0.1, 0.15) is 37.7 Å². The molecule has 0 amide bonds. The van der Waals surface area contributed by atoms with Crippen molar-refractivity contribution in [2.75, 3.05) is 29.4 Å². The summed E-state index contributed by atoms with van der Waals surface area (Å²) in [6.45, 7) is 3.27. The van der Waals surface area contributed by atoms with Gasteiger partial charge in [-0.3, -0.25) is 0 Å². The summed E-state index contributed by atoms with van der Waals surface area (Å²) < 4.78 is 0. The highest BCUT2D eigenvalue weighted by Gasteiger charge is 2.20. The van der Waals surface area contributed by atoms with Gasteiger partial charge in [0.2, 0.25) is 0 Å². The van der Waals surface area contributed by atoms with E-state index in [0.29, 0.717) is 0 Å². The minimum absolute atomic E-state index is 1.03. The number of hydrogen-bond acceptors (Lipinski definition) is 4. The number of benzene rings is 1. The average Bonchev–Trinajstić information content (AvgIpc) is 2.91. The first-order valence-electron chi connectivity index (χ1n) is 8.84. The van der Waals surface area contributed by atoms with Crippen molar-refractivity contribution in [2.24, 2.45) is 0 Å². The Kier molecular flexibility index (Phi) is 4.14. The third-order valence-electron chi connectivity index (χ3n) is 4.96. The van der Waals surface area contributed by atoms with Crippen LogP contribution in [0.3, 0.4) is 0 Å². The predicted molar refractivity (Wildman–Crippen MR) is 94.5 cm³/mol. The molecule has 0 aliphatic carbocycles. The molecule has 1 aromatic heterocycles. The fourth-order valence-corrected chi connectivity index (χ4v) is 3.73. The Hall–Kier alpha value is -2.10. The summed E-state index contributed by atoms with van der Waals surface area (Å²) in [6.07, 6.45) is 9.29. The SMILES string of the molecule is c1ccc2c(c1)CCCN2c1cc(N2CCCCCC2)ncn1. The molecule has 0 radical (unpaired) electrons. The van der Waals surface area contributed by atoms with Gasteiger partial charge < -0.3 is 9.80 Å². The van der Waals surface area contributed by atoms with Crippen molar-refractivity contribution in [2.45, 2.75) is 38.5 Å². The molecular formula is C19H24N4. The lowest BCUT2D eigenvalue weighted by Crippen LogP contribution is -2.27. The normalized spacial score (nSPS) is 18.4. The summed E-state index contributed by atoms with van der Waals surface area (Å²) in [7, 11) is 0. The monoisotopic (exact) mass is 308 g/mol. The first-order chi connectivity index (χ1) is 11.4. The maximum absolute atomic E-state index is 4.57. The second kappa shape index (κ2) is 6.57. The van der Waals surface area contributed by atoms with Crippen LogP contribution in [-0.4, -0.2) is 29.6 Å². The van der Waals surface area contributed by atoms with E-state index in [1.165, 1.54) is 43.4 Å². The lowest BCUT2D eigenvalue weighted by atomic mass is 10.0. The van der Waals surface area contributed by atoms with Gasteiger partial charge in [-0.15, -0.1) is 0 Å². The van der Waals surface area contributed by atoms with Gasteiger partial charge in [0.1, 0.15) is 18.0 Å². The van der Waals surface area contributed by atoms with Crippen molar-refractivity contribution in [3.63, 3.8) is 0 Å². The zero-order chi connectivity index (χ0) is 15.5. The van der Waals surface area contributed by atoms with Crippen molar-refractivity contribution < 1.29 is 0 Å². The molecule has 0 saturated carbocycles. The second-order valence-corrected chi connectivity index (χ2v) is 6.52. The highest BCUT2D eigenvalue weighted by atomic mass is 15.2. The van der Waals surface area contributed by atoms with Gasteiger partial charge in [-0.1, -0.05) is 31.0 Å². The summed E-state index contributed by atoms with van der Waals surface area (Å²) in [5.41, 5.74) is 2.73. The number of rotatable bonds is 2. The molecule has 4 rings (SSSR count). The van der Waals surface area contributed by atoms with Gasteiger partial charge in [0, 0.05) is 31.4 Å². The number of aromatic nitrogens is 2. The minimum Gasteiger partial charge on any atom is -0.356 e. The summed E-state index contributed by atoms with van der Waals surface area (Å²) in [4.78, 5) is 13.9. The van der Waals surface area contributed by atoms with Crippen LogP contribution in [0.4, 0.5) is 17.3 Å². The van der Waals surface area contributed by atoms with Crippen molar-refractivity contribution in [3.8, 4) is 0 Å². The van der Waals surface area contributed by atoms with Crippen LogP contribution in [0.15, 0.2) is 36.7 Å². The maximum atomic E-state index is 4.57. The molecule has 0 unspecified atom stereocenters. The van der Waals surface area contributed by atoms with Crippen LogP contribution in [0.2, 0.25) is 0 Å². The maximum Gasteiger partial charge on any atom is 0.138 e. The quantitative estimate of drug-likeness (QED) is 0.841. The largest absolute Gasteiger partial charge is 0.356 e. The van der Waals surface area contributed by atoms with Gasteiger partial charge in [-0.05, 0) is 37.3 Å². The molecule has 120 valence electrons. The number of nitrogens with zero attached hydrogens (tertiary/aromatic N) is 4. The number of aryl methyl sites for hydroxylation is 1. The third kappa shape index (κ3) is 3.03. The summed E-state index contributed by atoms with van der Waals surface area (Å²) in [5, 5.41) is 0. The van der Waals surface area contributed by atoms with E-state index in [1.54, 1.807) is 6.33 Å². The van der Waals surface area contributed by atoms with Gasteiger partial charge in [0.05, 0.1) is 0 Å². The molecule has 2 aliphatic heterocycles. The molecule has 2 aromatic rings. The van der Waals surface area contributed by atoms with Gasteiger partial charge >= 0.3 is 0 Å². The van der Waals surface area contributed by atoms with Gasteiger partial charge in [0.25, 0.3) is 0 Å². The van der Waals surface area contributed by atoms with E-state index >= 15 is 0 Å². The molecule has 0 bridgehead atoms. The molecule has 1 fully saturated rings. The van der Waals surface area contributed by atoms with Crippen LogP contribution in [0, 0.1) is 0 Å². The van der Waals surface area contributed by atoms with E-state index in [-0.39, 0.29) is 0 Å². The Morgan fingerprint density at radius 1 is 0.783 bits per heavy atom. The second-order valence-electron chi connectivity index (χ2n) is 6.52. The molecule has 0 spiro atoms. The highest BCUT2D eigenvalue weighted by molar-refractivity contribution is 5.67. The van der Waals surface area contributed by atoms with E-state index in [1.807, 2.05) is 0 Å². The standard InChI is InChI=1S/C19H24N4/c1-2-6-12-22(11-5-1)18-14-19(21-15-20-18)23-13-7-9-16-8-3-4-10-17(16)23/h3-4,8,10,14-15H,1-2,5-7,9,11-13H2. The first kappa shape index (κ1) is 14.5. The molecule has 0 N–H and O–H groups in total. The van der Waals surface area contributed by atoms with Crippen LogP contribution < -0.4 is 9.80 Å². The lowest BCUT2D eigenvalue weighted by Gasteiger charge is -2.31. The van der Waals surface area contributed by atoms with E-state index in [2.05, 4.69) is 50.1 Å². The topological polar surface area (TPSA) is 32.3 Å². The fourth-order valence-electron chi connectivity index (χ4n) is 3.73. The van der Waals surface area contributed by atoms with Crippen molar-refractivity contribution in [3.05, 3.63) is 42.2 Å². The lowest BCUT2D eigenvalue weighted by molar-refractivity contribution is 0.726. The fraction of sp³-hybridized carbons (Fsp3) is 0.474. The summed E-state index contributed by atoms with van der Waals surface area (Å²) >= 11 is 0. The Morgan fingerprint density at radius 3 is 2.43 bits per heavy atom. The Labute approximate surface area is 138 Å². The first-order valence-corrected chi connectivity index (χ1v) is 8.84. The molecule has 1 saturated heterocycles. The highest BCUT2D eigenvalue weighted by Crippen LogP contribution is 2.33. The van der Waals surface area contributed by atoms with Crippen molar-refractivity contribution in [1.82, 2.24) is 9.97 Å². The Balaban J connectivity index is 1.64. The van der Waals surface area contributed by atoms with E-state index in [0.717, 1.165) is 37.7 Å². The molecule has 4 nitrogen and oxygen atoms in total. The third-order valence-corrected chi connectivity index (χ3v) is 4.96. The van der Waals surface area contributed by atoms with Crippen LogP contribution in [0.5, 0.6) is 0 Å². The summed E-state index contributed by atoms with van der Waals surface area (Å²) in [6, 6.07) is 10.9. The minimum atomic E-state index is 1.03. The number of fused-ring (bicyclic) bond motifs is 1. The number of anilines is 3. The van der Waals surface area contributed by atoms with Gasteiger partial charge in [-0.25, -0.2) is 9.97 Å². The van der Waals surface area contributed by atoms with Gasteiger partial charge in [-0.2, -0.15) is 0 Å². The van der Waals surface area contributed by atoms with Crippen molar-refractivity contribution in [1.29, 1.82) is 0 Å². The Morgan fingerprint density at radius 2 is 1.57 bits per heavy atom. The van der Waals surface area contributed by atoms with Crippen LogP contribution in [-0.2, 0) is 6.42 Å². The summed E-state index contributed by atoms with van der Waals surface area (Å²) in [5.74, 6) is 2.12. The van der Waals surface area contributed by atoms with Crippen LogP contribution >= 0.6 is 0 Å². The average molecular weight is 308 g/mol. The van der Waals surface area contributed by atoms with Gasteiger partial charge in [0.15, 0.2) is 0 Å². The van der Waals surface area contributed by atoms with Crippen LogP contribution in [0.25, 0.3) is 0 Å². The molecule has 23 heavy (non-hydrogen) atoms. The molecule has 2 aliphatic rings. The van der Waals surface area contributed by atoms with Crippen molar-refractivity contribution >= 4 is 17.3 Å². The Bertz CT molecular complexity index is 662. The molecule has 4 heteroatoms. The smallest absolute Gasteiger partial charge is 0.138 e. The number of hydrogen-bond donors (Lipinski definition) is 0. The molecule has 1 aromatic carbocycles. The molecule has 0 atom stereocenters. The number of para-hydroxylation sites is 1. The predicted octanol–water partition coefficient (Wildman–Crippen LogP) is 3.94. The zero-order valence-corrected chi connectivity index (χ0v) is 13.6. The zero-order valence-electron chi connectivity index (χ0n) is 13.6.